The highest BCUT2D eigenvalue weighted by Gasteiger charge is 2.34. The van der Waals surface area contributed by atoms with Crippen LogP contribution in [-0.2, 0) is 14.4 Å². The first kappa shape index (κ1) is 14.3. The lowest BCUT2D eigenvalue weighted by atomic mass is 9.96. The second-order valence-corrected chi connectivity index (χ2v) is 5.76. The van der Waals surface area contributed by atoms with Gasteiger partial charge in [0.05, 0.1) is 5.71 Å². The van der Waals surface area contributed by atoms with E-state index in [1.165, 1.54) is 0 Å². The number of oxime groups is 1. The number of carbonyl (C=O) groups excluding carboxylic acids is 1. The predicted molar refractivity (Wildman–Crippen MR) is 72.9 cm³/mol. The molecule has 19 heavy (non-hydrogen) atoms. The normalized spacial score (nSPS) is 24.5. The summed E-state index contributed by atoms with van der Waals surface area (Å²) in [5.41, 5.74) is 0.993. The molecule has 0 aliphatic carbocycles. The molecule has 0 N–H and O–H groups in total. The van der Waals surface area contributed by atoms with Crippen molar-refractivity contribution in [3.05, 3.63) is 0 Å². The molecule has 2 aliphatic heterocycles. The molecule has 1 saturated heterocycles. The number of piperidine rings is 1. The van der Waals surface area contributed by atoms with Gasteiger partial charge in [-0.15, -0.1) is 0 Å². The lowest BCUT2D eigenvalue weighted by molar-refractivity contribution is -0.143. The summed E-state index contributed by atoms with van der Waals surface area (Å²) in [6, 6.07) is 0. The van der Waals surface area contributed by atoms with Crippen LogP contribution in [0.15, 0.2) is 5.16 Å². The second kappa shape index (κ2) is 6.37. The van der Waals surface area contributed by atoms with E-state index in [4.69, 9.17) is 9.57 Å². The fraction of sp³-hybridized carbons (Fsp3) is 0.857. The van der Waals surface area contributed by atoms with Gasteiger partial charge in [0.2, 0.25) is 6.10 Å². The van der Waals surface area contributed by atoms with Crippen LogP contribution in [0, 0.1) is 11.8 Å². The van der Waals surface area contributed by atoms with E-state index in [9.17, 15) is 4.79 Å². The zero-order chi connectivity index (χ0) is 13.8. The Labute approximate surface area is 114 Å². The van der Waals surface area contributed by atoms with Crippen molar-refractivity contribution in [1.82, 2.24) is 4.90 Å². The van der Waals surface area contributed by atoms with Crippen LogP contribution in [0.3, 0.4) is 0 Å². The Hall–Kier alpha value is -1.10. The average Bonchev–Trinajstić information content (AvgIpc) is 2.89. The molecule has 0 spiro atoms. The maximum Gasteiger partial charge on any atom is 0.266 e. The molecule has 0 aromatic carbocycles. The lowest BCUT2D eigenvalue weighted by Gasteiger charge is -2.32. The number of carbonyl (C=O) groups is 1. The number of amides is 1. The van der Waals surface area contributed by atoms with Gasteiger partial charge in [0, 0.05) is 33.2 Å². The maximum absolute atomic E-state index is 12.3. The molecule has 0 aromatic heterocycles. The standard InChI is InChI=1S/C14H24N2O3/c1-10(2)12-8-13(19-15-12)14(17)16-6-4-11(5-7-16)9-18-3/h10-11,13H,4-9H2,1-3H3/t13-/m0/s1. The number of rotatable bonds is 4. The summed E-state index contributed by atoms with van der Waals surface area (Å²) in [7, 11) is 1.73. The molecule has 1 fully saturated rings. The van der Waals surface area contributed by atoms with E-state index in [0.717, 1.165) is 38.2 Å². The van der Waals surface area contributed by atoms with Gasteiger partial charge in [-0.25, -0.2) is 0 Å². The highest BCUT2D eigenvalue weighted by atomic mass is 16.6. The van der Waals surface area contributed by atoms with Crippen LogP contribution in [-0.4, -0.2) is 49.4 Å². The number of hydrogen-bond donors (Lipinski definition) is 0. The van der Waals surface area contributed by atoms with E-state index in [1.807, 2.05) is 4.90 Å². The fourth-order valence-corrected chi connectivity index (χ4v) is 2.63. The molecule has 108 valence electrons. The van der Waals surface area contributed by atoms with Gasteiger partial charge in [-0.1, -0.05) is 19.0 Å². The van der Waals surface area contributed by atoms with E-state index >= 15 is 0 Å². The largest absolute Gasteiger partial charge is 0.384 e. The van der Waals surface area contributed by atoms with E-state index < -0.39 is 6.10 Å². The van der Waals surface area contributed by atoms with Crippen molar-refractivity contribution in [2.45, 2.75) is 39.2 Å². The summed E-state index contributed by atoms with van der Waals surface area (Å²) in [5, 5.41) is 4.03. The van der Waals surface area contributed by atoms with Gasteiger partial charge in [0.25, 0.3) is 5.91 Å². The Morgan fingerprint density at radius 1 is 1.47 bits per heavy atom. The third kappa shape index (κ3) is 3.47. The molecular formula is C14H24N2O3. The van der Waals surface area contributed by atoms with Crippen LogP contribution < -0.4 is 0 Å². The van der Waals surface area contributed by atoms with Crippen molar-refractivity contribution >= 4 is 11.6 Å². The quantitative estimate of drug-likeness (QED) is 0.779. The van der Waals surface area contributed by atoms with Crippen LogP contribution in [0.2, 0.25) is 0 Å². The van der Waals surface area contributed by atoms with Crippen LogP contribution in [0.25, 0.3) is 0 Å². The summed E-state index contributed by atoms with van der Waals surface area (Å²) in [4.78, 5) is 19.5. The summed E-state index contributed by atoms with van der Waals surface area (Å²) in [6.45, 7) is 6.56. The third-order valence-corrected chi connectivity index (χ3v) is 3.96. The molecule has 2 heterocycles. The molecule has 0 radical (unpaired) electrons. The smallest absolute Gasteiger partial charge is 0.266 e. The molecular weight excluding hydrogens is 244 g/mol. The lowest BCUT2D eigenvalue weighted by Crippen LogP contribution is -2.44. The highest BCUT2D eigenvalue weighted by molar-refractivity contribution is 5.93. The molecule has 2 rings (SSSR count). The maximum atomic E-state index is 12.3. The number of nitrogens with zero attached hydrogens (tertiary/aromatic N) is 2. The summed E-state index contributed by atoms with van der Waals surface area (Å²) >= 11 is 0. The molecule has 0 bridgehead atoms. The van der Waals surface area contributed by atoms with Crippen LogP contribution in [0.5, 0.6) is 0 Å². The molecule has 5 heteroatoms. The average molecular weight is 268 g/mol. The van der Waals surface area contributed by atoms with Gasteiger partial charge in [-0.2, -0.15) is 0 Å². The Bertz CT molecular complexity index is 347. The van der Waals surface area contributed by atoms with E-state index in [0.29, 0.717) is 18.3 Å². The Balaban J connectivity index is 1.80. The van der Waals surface area contributed by atoms with Gasteiger partial charge in [-0.05, 0) is 24.7 Å². The van der Waals surface area contributed by atoms with E-state index in [2.05, 4.69) is 19.0 Å². The van der Waals surface area contributed by atoms with Crippen LogP contribution >= 0.6 is 0 Å². The predicted octanol–water partition coefficient (Wildman–Crippen LogP) is 1.67. The molecule has 0 unspecified atom stereocenters. The third-order valence-electron chi connectivity index (χ3n) is 3.96. The molecule has 0 aromatic rings. The minimum atomic E-state index is -0.392. The van der Waals surface area contributed by atoms with Crippen LogP contribution in [0.4, 0.5) is 0 Å². The highest BCUT2D eigenvalue weighted by Crippen LogP contribution is 2.22. The Kier molecular flexibility index (Phi) is 4.80. The molecule has 1 atom stereocenters. The van der Waals surface area contributed by atoms with Gasteiger partial charge >= 0.3 is 0 Å². The topological polar surface area (TPSA) is 51.1 Å². The van der Waals surface area contributed by atoms with Crippen molar-refractivity contribution in [1.29, 1.82) is 0 Å². The first-order chi connectivity index (χ1) is 9.11. The monoisotopic (exact) mass is 268 g/mol. The van der Waals surface area contributed by atoms with Crippen molar-refractivity contribution < 1.29 is 14.4 Å². The minimum Gasteiger partial charge on any atom is -0.384 e. The molecule has 0 saturated carbocycles. The van der Waals surface area contributed by atoms with Crippen LogP contribution in [0.1, 0.15) is 33.1 Å². The Morgan fingerprint density at radius 2 is 2.16 bits per heavy atom. The van der Waals surface area contributed by atoms with E-state index in [-0.39, 0.29) is 5.91 Å². The van der Waals surface area contributed by atoms with Crippen molar-refractivity contribution in [3.63, 3.8) is 0 Å². The first-order valence-corrected chi connectivity index (χ1v) is 7.12. The van der Waals surface area contributed by atoms with E-state index in [1.54, 1.807) is 7.11 Å². The van der Waals surface area contributed by atoms with Gasteiger partial charge < -0.3 is 14.5 Å². The number of likely N-dealkylation sites (tertiary alicyclic amines) is 1. The molecule has 1 amide bonds. The van der Waals surface area contributed by atoms with Gasteiger partial charge in [0.1, 0.15) is 0 Å². The van der Waals surface area contributed by atoms with Gasteiger partial charge in [0.15, 0.2) is 0 Å². The number of ether oxygens (including phenoxy) is 1. The van der Waals surface area contributed by atoms with Crippen molar-refractivity contribution in [2.75, 3.05) is 26.8 Å². The van der Waals surface area contributed by atoms with Crippen molar-refractivity contribution in [3.8, 4) is 0 Å². The minimum absolute atomic E-state index is 0.0928. The number of hydrogen-bond acceptors (Lipinski definition) is 4. The second-order valence-electron chi connectivity index (χ2n) is 5.76. The summed E-state index contributed by atoms with van der Waals surface area (Å²) in [6.07, 6.45) is 2.29. The zero-order valence-corrected chi connectivity index (χ0v) is 12.1. The first-order valence-electron chi connectivity index (χ1n) is 7.12. The summed E-state index contributed by atoms with van der Waals surface area (Å²) < 4.78 is 5.17. The summed E-state index contributed by atoms with van der Waals surface area (Å²) in [5.74, 6) is 1.03. The Morgan fingerprint density at radius 3 is 2.68 bits per heavy atom. The van der Waals surface area contributed by atoms with Gasteiger partial charge in [-0.3, -0.25) is 4.79 Å². The number of methoxy groups -OCH3 is 1. The fourth-order valence-electron chi connectivity index (χ4n) is 2.63. The van der Waals surface area contributed by atoms with Crippen molar-refractivity contribution in [2.24, 2.45) is 17.0 Å². The molecule has 2 aliphatic rings. The SMILES string of the molecule is COCC1CCN(C(=O)[C@@H]2CC(C(C)C)=NO2)CC1. The zero-order valence-electron chi connectivity index (χ0n) is 12.1. The molecule has 5 nitrogen and oxygen atoms in total.